The van der Waals surface area contributed by atoms with Gasteiger partial charge in [0.1, 0.15) is 5.01 Å². The van der Waals surface area contributed by atoms with Gasteiger partial charge in [-0.25, -0.2) is 4.79 Å². The minimum atomic E-state index is -0.335. The van der Waals surface area contributed by atoms with Crippen LogP contribution in [0, 0.1) is 6.92 Å². The number of methoxy groups -OCH3 is 2. The topological polar surface area (TPSA) is 85.4 Å². The summed E-state index contributed by atoms with van der Waals surface area (Å²) in [5.74, 6) is 1.26. The maximum Gasteiger partial charge on any atom is 0.321 e. The average molecular weight is 322 g/mol. The number of carbonyl (C=O) groups is 1. The zero-order valence-corrected chi connectivity index (χ0v) is 13.7. The summed E-state index contributed by atoms with van der Waals surface area (Å²) in [5.41, 5.74) is 0.904. The number of carbonyl (C=O) groups excluding carboxylic acids is 1. The molecule has 0 aliphatic carbocycles. The number of hydrogen-bond acceptors (Lipinski definition) is 6. The predicted molar refractivity (Wildman–Crippen MR) is 84.8 cm³/mol. The molecule has 0 fully saturated rings. The molecular formula is C14H18N4O3S. The van der Waals surface area contributed by atoms with Gasteiger partial charge in [-0.2, -0.15) is 0 Å². The van der Waals surface area contributed by atoms with Crippen LogP contribution >= 0.6 is 11.3 Å². The summed E-state index contributed by atoms with van der Waals surface area (Å²) in [7, 11) is 3.15. The van der Waals surface area contributed by atoms with Gasteiger partial charge in [0.2, 0.25) is 5.13 Å². The Morgan fingerprint density at radius 3 is 2.55 bits per heavy atom. The van der Waals surface area contributed by atoms with Gasteiger partial charge >= 0.3 is 6.03 Å². The molecule has 2 rings (SSSR count). The van der Waals surface area contributed by atoms with E-state index in [0.29, 0.717) is 16.6 Å². The van der Waals surface area contributed by atoms with Crippen molar-refractivity contribution in [1.29, 1.82) is 0 Å². The van der Waals surface area contributed by atoms with Gasteiger partial charge in [-0.15, -0.1) is 10.2 Å². The number of ether oxygens (including phenoxy) is 2. The molecule has 2 N–H and O–H groups in total. The quantitative estimate of drug-likeness (QED) is 0.884. The highest BCUT2D eigenvalue weighted by Gasteiger charge is 2.13. The van der Waals surface area contributed by atoms with Crippen molar-refractivity contribution < 1.29 is 14.3 Å². The summed E-state index contributed by atoms with van der Waals surface area (Å²) in [6.45, 7) is 3.71. The molecule has 0 saturated heterocycles. The molecule has 0 bridgehead atoms. The number of anilines is 1. The van der Waals surface area contributed by atoms with Crippen molar-refractivity contribution in [2.24, 2.45) is 0 Å². The number of aromatic nitrogens is 2. The Kier molecular flexibility index (Phi) is 5.16. The minimum absolute atomic E-state index is 0.200. The van der Waals surface area contributed by atoms with E-state index in [-0.39, 0.29) is 12.1 Å². The van der Waals surface area contributed by atoms with Gasteiger partial charge < -0.3 is 14.8 Å². The first-order valence-corrected chi connectivity index (χ1v) is 7.44. The maximum absolute atomic E-state index is 11.9. The molecule has 0 unspecified atom stereocenters. The molecule has 1 heterocycles. The highest BCUT2D eigenvalue weighted by atomic mass is 32.1. The zero-order valence-electron chi connectivity index (χ0n) is 12.8. The van der Waals surface area contributed by atoms with Gasteiger partial charge in [-0.3, -0.25) is 5.32 Å². The van der Waals surface area contributed by atoms with Crippen LogP contribution in [0.5, 0.6) is 11.5 Å². The SMILES string of the molecule is COc1ccc([C@@H](C)NC(=O)Nc2nnc(C)s2)cc1OC. The van der Waals surface area contributed by atoms with E-state index in [1.165, 1.54) is 11.3 Å². The van der Waals surface area contributed by atoms with E-state index >= 15 is 0 Å². The number of benzene rings is 1. The minimum Gasteiger partial charge on any atom is -0.493 e. The van der Waals surface area contributed by atoms with Gasteiger partial charge in [0, 0.05) is 0 Å². The first-order valence-electron chi connectivity index (χ1n) is 6.63. The van der Waals surface area contributed by atoms with Crippen LogP contribution in [0.15, 0.2) is 18.2 Å². The van der Waals surface area contributed by atoms with Gasteiger partial charge in [-0.05, 0) is 31.5 Å². The second-order valence-corrected chi connectivity index (χ2v) is 5.74. The fraction of sp³-hybridized carbons (Fsp3) is 0.357. The van der Waals surface area contributed by atoms with Crippen LogP contribution in [0.4, 0.5) is 9.93 Å². The molecule has 1 aromatic heterocycles. The van der Waals surface area contributed by atoms with E-state index in [2.05, 4.69) is 20.8 Å². The normalized spacial score (nSPS) is 11.6. The van der Waals surface area contributed by atoms with Crippen molar-refractivity contribution in [3.8, 4) is 11.5 Å². The molecule has 118 valence electrons. The standard InChI is InChI=1S/C14H18N4O3S/c1-8(10-5-6-11(20-3)12(7-10)21-4)15-13(19)16-14-18-17-9(2)22-14/h5-8H,1-4H3,(H2,15,16,18,19)/t8-/m1/s1. The zero-order chi connectivity index (χ0) is 16.1. The van der Waals surface area contributed by atoms with Gasteiger partial charge in [0.25, 0.3) is 0 Å². The van der Waals surface area contributed by atoms with Crippen LogP contribution in [0.2, 0.25) is 0 Å². The third-order valence-electron chi connectivity index (χ3n) is 3.00. The van der Waals surface area contributed by atoms with Crippen molar-refractivity contribution in [3.05, 3.63) is 28.8 Å². The lowest BCUT2D eigenvalue weighted by Crippen LogP contribution is -2.31. The van der Waals surface area contributed by atoms with E-state index < -0.39 is 0 Å². The third kappa shape index (κ3) is 3.85. The summed E-state index contributed by atoms with van der Waals surface area (Å²) in [6, 6.07) is 4.98. The molecule has 0 aliphatic heterocycles. The second-order valence-electron chi connectivity index (χ2n) is 4.56. The molecule has 8 heteroatoms. The van der Waals surface area contributed by atoms with E-state index in [9.17, 15) is 4.79 Å². The van der Waals surface area contributed by atoms with Crippen LogP contribution in [0.3, 0.4) is 0 Å². The Morgan fingerprint density at radius 2 is 1.95 bits per heavy atom. The third-order valence-corrected chi connectivity index (χ3v) is 3.76. The molecule has 7 nitrogen and oxygen atoms in total. The summed E-state index contributed by atoms with van der Waals surface area (Å²) in [6.07, 6.45) is 0. The highest BCUT2D eigenvalue weighted by molar-refractivity contribution is 7.15. The first-order chi connectivity index (χ1) is 10.5. The largest absolute Gasteiger partial charge is 0.493 e. The Hall–Kier alpha value is -2.35. The molecule has 0 spiro atoms. The summed E-state index contributed by atoms with van der Waals surface area (Å²) < 4.78 is 10.5. The summed E-state index contributed by atoms with van der Waals surface area (Å²) in [5, 5.41) is 14.4. The Labute approximate surface area is 132 Å². The monoisotopic (exact) mass is 322 g/mol. The molecule has 0 aliphatic rings. The number of hydrogen-bond donors (Lipinski definition) is 2. The van der Waals surface area contributed by atoms with E-state index in [4.69, 9.17) is 9.47 Å². The maximum atomic E-state index is 11.9. The molecule has 2 amide bonds. The summed E-state index contributed by atoms with van der Waals surface area (Å²) in [4.78, 5) is 11.9. The fourth-order valence-electron chi connectivity index (χ4n) is 1.88. The number of nitrogens with zero attached hydrogens (tertiary/aromatic N) is 2. The Morgan fingerprint density at radius 1 is 1.23 bits per heavy atom. The predicted octanol–water partition coefficient (Wildman–Crippen LogP) is 2.75. The van der Waals surface area contributed by atoms with E-state index in [1.54, 1.807) is 20.3 Å². The second kappa shape index (κ2) is 7.08. The van der Waals surface area contributed by atoms with Crippen LogP contribution in [-0.2, 0) is 0 Å². The molecule has 0 saturated carbocycles. The number of nitrogens with one attached hydrogen (secondary N) is 2. The molecule has 0 radical (unpaired) electrons. The lowest BCUT2D eigenvalue weighted by Gasteiger charge is -2.16. The van der Waals surface area contributed by atoms with E-state index in [1.807, 2.05) is 26.0 Å². The molecule has 2 aromatic rings. The van der Waals surface area contributed by atoms with Crippen molar-refractivity contribution in [1.82, 2.24) is 15.5 Å². The fourth-order valence-corrected chi connectivity index (χ4v) is 2.47. The van der Waals surface area contributed by atoms with Crippen molar-refractivity contribution >= 4 is 22.5 Å². The van der Waals surface area contributed by atoms with E-state index in [0.717, 1.165) is 10.6 Å². The summed E-state index contributed by atoms with van der Waals surface area (Å²) >= 11 is 1.32. The lowest BCUT2D eigenvalue weighted by atomic mass is 10.1. The first kappa shape index (κ1) is 16.0. The van der Waals surface area contributed by atoms with Crippen LogP contribution in [-0.4, -0.2) is 30.4 Å². The lowest BCUT2D eigenvalue weighted by molar-refractivity contribution is 0.249. The van der Waals surface area contributed by atoms with Crippen LogP contribution < -0.4 is 20.1 Å². The van der Waals surface area contributed by atoms with Gasteiger partial charge in [-0.1, -0.05) is 17.4 Å². The molecular weight excluding hydrogens is 304 g/mol. The molecule has 1 atom stereocenters. The number of urea groups is 1. The number of amides is 2. The molecule has 1 aromatic carbocycles. The Balaban J connectivity index is 2.02. The highest BCUT2D eigenvalue weighted by Crippen LogP contribution is 2.29. The van der Waals surface area contributed by atoms with Gasteiger partial charge in [0.05, 0.1) is 20.3 Å². The Bertz CT molecular complexity index is 659. The van der Waals surface area contributed by atoms with Crippen molar-refractivity contribution in [2.75, 3.05) is 19.5 Å². The van der Waals surface area contributed by atoms with Crippen LogP contribution in [0.25, 0.3) is 0 Å². The van der Waals surface area contributed by atoms with Crippen LogP contribution in [0.1, 0.15) is 23.5 Å². The molecule has 22 heavy (non-hydrogen) atoms. The van der Waals surface area contributed by atoms with Gasteiger partial charge in [0.15, 0.2) is 11.5 Å². The smallest absolute Gasteiger partial charge is 0.321 e. The van der Waals surface area contributed by atoms with Crippen molar-refractivity contribution in [2.45, 2.75) is 19.9 Å². The average Bonchev–Trinajstić information content (AvgIpc) is 2.91. The van der Waals surface area contributed by atoms with Crippen molar-refractivity contribution in [3.63, 3.8) is 0 Å². The number of aryl methyl sites for hydroxylation is 1. The number of rotatable bonds is 5.